The number of hydrogen-bond donors (Lipinski definition) is 0. The first-order valence-electron chi connectivity index (χ1n) is 6.23. The van der Waals surface area contributed by atoms with Gasteiger partial charge in [-0.2, -0.15) is 18.3 Å². The molecular weight excluding hydrogens is 291 g/mol. The molecule has 0 atom stereocenters. The van der Waals surface area contributed by atoms with Crippen molar-refractivity contribution in [2.45, 2.75) is 26.1 Å². The third-order valence-electron chi connectivity index (χ3n) is 2.78. The van der Waals surface area contributed by atoms with Crippen molar-refractivity contribution >= 4 is 11.9 Å². The number of aromatic nitrogens is 2. The number of hydrogen-bond acceptors (Lipinski definition) is 4. The molecule has 21 heavy (non-hydrogen) atoms. The largest absolute Gasteiger partial charge is 0.469 e. The normalized spacial score (nSPS) is 11.3. The zero-order chi connectivity index (χ0) is 16.0. The molecule has 1 aromatic heterocycles. The van der Waals surface area contributed by atoms with Crippen LogP contribution in [0.5, 0.6) is 0 Å². The molecule has 0 N–H and O–H groups in total. The summed E-state index contributed by atoms with van der Waals surface area (Å²) in [7, 11) is 1.24. The molecule has 1 rings (SSSR count). The molecule has 1 aromatic rings. The van der Waals surface area contributed by atoms with E-state index in [1.165, 1.54) is 12.0 Å². The number of halogens is 3. The smallest absolute Gasteiger partial charge is 0.435 e. The fourth-order valence-corrected chi connectivity index (χ4v) is 1.63. The molecule has 0 spiro atoms. The van der Waals surface area contributed by atoms with Gasteiger partial charge < -0.3 is 9.64 Å². The maximum absolute atomic E-state index is 12.4. The summed E-state index contributed by atoms with van der Waals surface area (Å²) < 4.78 is 42.6. The van der Waals surface area contributed by atoms with Crippen LogP contribution in [0.4, 0.5) is 13.2 Å². The molecule has 1 amide bonds. The molecule has 0 saturated carbocycles. The summed E-state index contributed by atoms with van der Waals surface area (Å²) in [5.41, 5.74) is -1.05. The predicted molar refractivity (Wildman–Crippen MR) is 66.1 cm³/mol. The number of amides is 1. The SMILES string of the molecule is CCN(CCC(=O)OC)C(=O)Cn1ccc(C(F)(F)F)n1. The Morgan fingerprint density at radius 1 is 1.43 bits per heavy atom. The van der Waals surface area contributed by atoms with E-state index in [2.05, 4.69) is 9.84 Å². The number of ether oxygens (including phenoxy) is 1. The minimum Gasteiger partial charge on any atom is -0.469 e. The molecule has 0 saturated heterocycles. The number of methoxy groups -OCH3 is 1. The zero-order valence-electron chi connectivity index (χ0n) is 11.7. The van der Waals surface area contributed by atoms with Crippen LogP contribution in [-0.4, -0.2) is 46.8 Å². The van der Waals surface area contributed by atoms with Crippen LogP contribution in [0.2, 0.25) is 0 Å². The highest BCUT2D eigenvalue weighted by atomic mass is 19.4. The number of carbonyl (C=O) groups is 2. The third-order valence-corrected chi connectivity index (χ3v) is 2.78. The Bertz CT molecular complexity index is 499. The first-order valence-corrected chi connectivity index (χ1v) is 6.23. The van der Waals surface area contributed by atoms with Crippen molar-refractivity contribution in [2.24, 2.45) is 0 Å². The number of likely N-dealkylation sites (N-methyl/N-ethyl adjacent to an activating group) is 1. The maximum Gasteiger partial charge on any atom is 0.435 e. The summed E-state index contributed by atoms with van der Waals surface area (Å²) in [5, 5.41) is 3.30. The van der Waals surface area contributed by atoms with Gasteiger partial charge in [-0.3, -0.25) is 14.3 Å². The number of nitrogens with zero attached hydrogens (tertiary/aromatic N) is 3. The quantitative estimate of drug-likeness (QED) is 0.743. The third kappa shape index (κ3) is 5.09. The van der Waals surface area contributed by atoms with Gasteiger partial charge in [-0.15, -0.1) is 0 Å². The molecule has 9 heteroatoms. The van der Waals surface area contributed by atoms with Crippen LogP contribution >= 0.6 is 0 Å². The molecule has 0 aromatic carbocycles. The van der Waals surface area contributed by atoms with E-state index in [0.717, 1.165) is 16.9 Å². The Morgan fingerprint density at radius 3 is 2.57 bits per heavy atom. The molecule has 1 heterocycles. The van der Waals surface area contributed by atoms with Crippen LogP contribution in [0.15, 0.2) is 12.3 Å². The van der Waals surface area contributed by atoms with Crippen LogP contribution in [0.25, 0.3) is 0 Å². The van der Waals surface area contributed by atoms with Crippen molar-refractivity contribution in [3.05, 3.63) is 18.0 Å². The summed E-state index contributed by atoms with van der Waals surface area (Å²) >= 11 is 0. The predicted octanol–water partition coefficient (Wildman–Crippen LogP) is 1.31. The van der Waals surface area contributed by atoms with E-state index in [4.69, 9.17) is 0 Å². The van der Waals surface area contributed by atoms with E-state index >= 15 is 0 Å². The second-order valence-electron chi connectivity index (χ2n) is 4.20. The minimum absolute atomic E-state index is 0.0307. The Hall–Kier alpha value is -2.06. The Morgan fingerprint density at radius 2 is 2.10 bits per heavy atom. The van der Waals surface area contributed by atoms with Gasteiger partial charge in [0.25, 0.3) is 0 Å². The standard InChI is InChI=1S/C12H16F3N3O3/c1-3-17(6-5-11(20)21-2)10(19)8-18-7-4-9(16-18)12(13,14)15/h4,7H,3,5-6,8H2,1-2H3. The van der Waals surface area contributed by atoms with E-state index in [1.807, 2.05) is 0 Å². The van der Waals surface area contributed by atoms with Crippen molar-refractivity contribution in [1.82, 2.24) is 14.7 Å². The monoisotopic (exact) mass is 307 g/mol. The highest BCUT2D eigenvalue weighted by Gasteiger charge is 2.33. The van der Waals surface area contributed by atoms with E-state index in [9.17, 15) is 22.8 Å². The molecule has 0 unspecified atom stereocenters. The molecule has 118 valence electrons. The molecule has 0 radical (unpaired) electrons. The van der Waals surface area contributed by atoms with Gasteiger partial charge in [0, 0.05) is 19.3 Å². The van der Waals surface area contributed by atoms with Crippen molar-refractivity contribution in [3.63, 3.8) is 0 Å². The van der Waals surface area contributed by atoms with Crippen LogP contribution in [0.3, 0.4) is 0 Å². The van der Waals surface area contributed by atoms with Gasteiger partial charge in [0.2, 0.25) is 5.91 Å². The minimum atomic E-state index is -4.54. The second kappa shape index (κ2) is 7.09. The number of rotatable bonds is 6. The van der Waals surface area contributed by atoms with Crippen molar-refractivity contribution in [3.8, 4) is 0 Å². The topological polar surface area (TPSA) is 64.4 Å². The van der Waals surface area contributed by atoms with Gasteiger partial charge in [0.1, 0.15) is 6.54 Å². The van der Waals surface area contributed by atoms with Gasteiger partial charge in [0.15, 0.2) is 5.69 Å². The van der Waals surface area contributed by atoms with Gasteiger partial charge in [-0.1, -0.05) is 0 Å². The molecular formula is C12H16F3N3O3. The van der Waals surface area contributed by atoms with Crippen LogP contribution in [0, 0.1) is 0 Å². The van der Waals surface area contributed by atoms with Crippen molar-refractivity contribution in [2.75, 3.05) is 20.2 Å². The van der Waals surface area contributed by atoms with Gasteiger partial charge in [0.05, 0.1) is 13.5 Å². The lowest BCUT2D eigenvalue weighted by Gasteiger charge is -2.20. The molecule has 0 fully saturated rings. The molecule has 0 aliphatic rings. The Labute approximate surface area is 119 Å². The van der Waals surface area contributed by atoms with Gasteiger partial charge in [-0.05, 0) is 13.0 Å². The van der Waals surface area contributed by atoms with E-state index in [1.54, 1.807) is 6.92 Å². The zero-order valence-corrected chi connectivity index (χ0v) is 11.7. The summed E-state index contributed by atoms with van der Waals surface area (Å²) in [6.45, 7) is 1.88. The summed E-state index contributed by atoms with van der Waals surface area (Å²) in [6.07, 6.45) is -3.42. The average molecular weight is 307 g/mol. The van der Waals surface area contributed by atoms with E-state index in [-0.39, 0.29) is 19.5 Å². The lowest BCUT2D eigenvalue weighted by molar-refractivity contribution is -0.143. The average Bonchev–Trinajstić information content (AvgIpc) is 2.87. The highest BCUT2D eigenvalue weighted by molar-refractivity contribution is 5.77. The Balaban J connectivity index is 2.61. The number of carbonyl (C=O) groups excluding carboxylic acids is 2. The second-order valence-corrected chi connectivity index (χ2v) is 4.20. The first-order chi connectivity index (χ1) is 9.77. The molecule has 0 aliphatic carbocycles. The Kier molecular flexibility index (Phi) is 5.74. The molecule has 0 bridgehead atoms. The van der Waals surface area contributed by atoms with Crippen LogP contribution < -0.4 is 0 Å². The summed E-state index contributed by atoms with van der Waals surface area (Å²) in [4.78, 5) is 24.3. The first kappa shape index (κ1) is 17.0. The van der Waals surface area contributed by atoms with Crippen LogP contribution in [-0.2, 0) is 27.0 Å². The molecule has 6 nitrogen and oxygen atoms in total. The van der Waals surface area contributed by atoms with Gasteiger partial charge in [-0.25, -0.2) is 0 Å². The van der Waals surface area contributed by atoms with Crippen molar-refractivity contribution < 1.29 is 27.5 Å². The summed E-state index contributed by atoms with van der Waals surface area (Å²) in [6, 6.07) is 0.804. The number of alkyl halides is 3. The van der Waals surface area contributed by atoms with E-state index in [0.29, 0.717) is 6.54 Å². The lowest BCUT2D eigenvalue weighted by atomic mass is 10.3. The van der Waals surface area contributed by atoms with Crippen LogP contribution in [0.1, 0.15) is 19.0 Å². The fourth-order valence-electron chi connectivity index (χ4n) is 1.63. The highest BCUT2D eigenvalue weighted by Crippen LogP contribution is 2.27. The fraction of sp³-hybridized carbons (Fsp3) is 0.583. The maximum atomic E-state index is 12.4. The lowest BCUT2D eigenvalue weighted by Crippen LogP contribution is -2.35. The van der Waals surface area contributed by atoms with Crippen molar-refractivity contribution in [1.29, 1.82) is 0 Å². The van der Waals surface area contributed by atoms with Gasteiger partial charge >= 0.3 is 12.1 Å². The van der Waals surface area contributed by atoms with E-state index < -0.39 is 23.7 Å². The molecule has 0 aliphatic heterocycles. The number of esters is 1. The summed E-state index contributed by atoms with van der Waals surface area (Å²) in [5.74, 6) is -0.877.